The number of hydrogen-bond donors (Lipinski definition) is 2. The number of hydrogen-bond acceptors (Lipinski definition) is 4. The number of sulfonamides is 1. The second-order valence-electron chi connectivity index (χ2n) is 6.71. The second kappa shape index (κ2) is 9.93. The van der Waals surface area contributed by atoms with E-state index < -0.39 is 10.0 Å². The second-order valence-corrected chi connectivity index (χ2v) is 8.39. The van der Waals surface area contributed by atoms with Gasteiger partial charge in [-0.15, -0.1) is 0 Å². The summed E-state index contributed by atoms with van der Waals surface area (Å²) in [6, 6.07) is 22.6. The Balaban J connectivity index is 1.58. The molecule has 2 N–H and O–H groups in total. The first kappa shape index (κ1) is 21.4. The Kier molecular flexibility index (Phi) is 7.08. The van der Waals surface area contributed by atoms with Crippen LogP contribution in [0.2, 0.25) is 0 Å². The number of aryl methyl sites for hydroxylation is 1. The first-order chi connectivity index (χ1) is 14.5. The van der Waals surface area contributed by atoms with Crippen molar-refractivity contribution >= 4 is 21.6 Å². The molecule has 0 aliphatic heterocycles. The number of carbonyl (C=O) groups excluding carboxylic acids is 1. The van der Waals surface area contributed by atoms with Crippen molar-refractivity contribution < 1.29 is 17.9 Å². The monoisotopic (exact) mass is 424 g/mol. The molecule has 3 aromatic carbocycles. The van der Waals surface area contributed by atoms with Crippen LogP contribution in [0, 0.1) is 0 Å². The van der Waals surface area contributed by atoms with Gasteiger partial charge in [0.15, 0.2) is 0 Å². The minimum absolute atomic E-state index is 0.110. The smallest absolute Gasteiger partial charge is 0.261 e. The van der Waals surface area contributed by atoms with Gasteiger partial charge in [-0.1, -0.05) is 36.4 Å². The number of nitrogens with one attached hydrogen (secondary N) is 2. The van der Waals surface area contributed by atoms with Crippen LogP contribution in [-0.2, 0) is 16.4 Å². The summed E-state index contributed by atoms with van der Waals surface area (Å²) in [7, 11) is -2.26. The maximum absolute atomic E-state index is 12.6. The van der Waals surface area contributed by atoms with E-state index in [0.717, 1.165) is 12.8 Å². The normalized spacial score (nSPS) is 11.0. The topological polar surface area (TPSA) is 84.5 Å². The molecule has 0 fully saturated rings. The third kappa shape index (κ3) is 5.84. The molecule has 0 saturated heterocycles. The van der Waals surface area contributed by atoms with E-state index >= 15 is 0 Å². The van der Waals surface area contributed by atoms with Crippen LogP contribution in [0.1, 0.15) is 22.3 Å². The van der Waals surface area contributed by atoms with E-state index in [0.29, 0.717) is 23.5 Å². The lowest BCUT2D eigenvalue weighted by Gasteiger charge is -2.10. The molecule has 7 heteroatoms. The fourth-order valence-corrected chi connectivity index (χ4v) is 3.98. The lowest BCUT2D eigenvalue weighted by Crippen LogP contribution is -2.25. The summed E-state index contributed by atoms with van der Waals surface area (Å²) in [5.74, 6) is 0.327. The van der Waals surface area contributed by atoms with E-state index in [-0.39, 0.29) is 10.8 Å². The summed E-state index contributed by atoms with van der Waals surface area (Å²) in [5, 5.41) is 2.87. The number of benzene rings is 3. The van der Waals surface area contributed by atoms with Gasteiger partial charge in [0.1, 0.15) is 5.75 Å². The number of anilines is 1. The van der Waals surface area contributed by atoms with Gasteiger partial charge in [-0.2, -0.15) is 0 Å². The van der Waals surface area contributed by atoms with Crippen LogP contribution < -0.4 is 14.8 Å². The van der Waals surface area contributed by atoms with Gasteiger partial charge in [0.05, 0.1) is 12.0 Å². The minimum Gasteiger partial charge on any atom is -0.497 e. The van der Waals surface area contributed by atoms with Crippen LogP contribution in [0.4, 0.5) is 5.69 Å². The first-order valence-electron chi connectivity index (χ1n) is 9.57. The molecule has 6 nitrogen and oxygen atoms in total. The maximum atomic E-state index is 12.6. The summed E-state index contributed by atoms with van der Waals surface area (Å²) in [6.07, 6.45) is 1.70. The average molecular weight is 425 g/mol. The quantitative estimate of drug-likeness (QED) is 0.511. The van der Waals surface area contributed by atoms with E-state index in [1.165, 1.54) is 30.9 Å². The van der Waals surface area contributed by atoms with Crippen molar-refractivity contribution in [1.29, 1.82) is 0 Å². The Bertz CT molecular complexity index is 1080. The zero-order valence-corrected chi connectivity index (χ0v) is 17.5. The average Bonchev–Trinajstić information content (AvgIpc) is 2.77. The molecule has 0 bridgehead atoms. The van der Waals surface area contributed by atoms with Crippen LogP contribution in [0.25, 0.3) is 0 Å². The maximum Gasteiger partial charge on any atom is 0.261 e. The van der Waals surface area contributed by atoms with Crippen LogP contribution in [-0.4, -0.2) is 28.0 Å². The molecule has 0 unspecified atom stereocenters. The molecular weight excluding hydrogens is 400 g/mol. The van der Waals surface area contributed by atoms with E-state index in [4.69, 9.17) is 4.74 Å². The number of ether oxygens (including phenoxy) is 1. The van der Waals surface area contributed by atoms with Crippen molar-refractivity contribution in [3.8, 4) is 5.75 Å². The number of methoxy groups -OCH3 is 1. The van der Waals surface area contributed by atoms with Crippen molar-refractivity contribution in [2.75, 3.05) is 18.4 Å². The molecule has 0 saturated carbocycles. The van der Waals surface area contributed by atoms with Crippen molar-refractivity contribution in [2.24, 2.45) is 0 Å². The lowest BCUT2D eigenvalue weighted by molar-refractivity contribution is 0.0953. The van der Waals surface area contributed by atoms with Crippen molar-refractivity contribution in [1.82, 2.24) is 5.32 Å². The molecule has 3 rings (SSSR count). The first-order valence-corrected chi connectivity index (χ1v) is 11.1. The third-order valence-electron chi connectivity index (χ3n) is 4.52. The van der Waals surface area contributed by atoms with Crippen molar-refractivity contribution in [3.63, 3.8) is 0 Å². The molecule has 0 aliphatic carbocycles. The van der Waals surface area contributed by atoms with Gasteiger partial charge in [0, 0.05) is 17.8 Å². The standard InChI is InChI=1S/C23H24N2O4S/c1-29-21-12-14-22(15-13-21)30(27,28)25-20-11-5-10-19(17-20)23(26)24-16-6-9-18-7-3-2-4-8-18/h2-5,7-8,10-15,17,25H,6,9,16H2,1H3,(H,24,26). The Morgan fingerprint density at radius 1 is 0.933 bits per heavy atom. The van der Waals surface area contributed by atoms with Crippen LogP contribution >= 0.6 is 0 Å². The van der Waals surface area contributed by atoms with Gasteiger partial charge in [0.25, 0.3) is 15.9 Å². The highest BCUT2D eigenvalue weighted by Gasteiger charge is 2.15. The molecule has 30 heavy (non-hydrogen) atoms. The number of carbonyl (C=O) groups is 1. The van der Waals surface area contributed by atoms with Gasteiger partial charge < -0.3 is 10.1 Å². The van der Waals surface area contributed by atoms with Gasteiger partial charge in [0.2, 0.25) is 0 Å². The zero-order valence-electron chi connectivity index (χ0n) is 16.7. The van der Waals surface area contributed by atoms with E-state index in [2.05, 4.69) is 22.2 Å². The molecule has 0 aliphatic rings. The minimum atomic E-state index is -3.77. The molecular formula is C23H24N2O4S. The molecule has 0 radical (unpaired) electrons. The van der Waals surface area contributed by atoms with Crippen LogP contribution in [0.3, 0.4) is 0 Å². The largest absolute Gasteiger partial charge is 0.497 e. The summed E-state index contributed by atoms with van der Waals surface area (Å²) in [4.78, 5) is 12.5. The highest BCUT2D eigenvalue weighted by Crippen LogP contribution is 2.20. The molecule has 1 amide bonds. The number of amides is 1. The molecule has 0 heterocycles. The van der Waals surface area contributed by atoms with E-state index in [1.807, 2.05) is 18.2 Å². The lowest BCUT2D eigenvalue weighted by atomic mass is 10.1. The fourth-order valence-electron chi connectivity index (χ4n) is 2.93. The Hall–Kier alpha value is -3.32. The predicted octanol–water partition coefficient (Wildman–Crippen LogP) is 3.86. The Labute approximate surface area is 177 Å². The highest BCUT2D eigenvalue weighted by atomic mass is 32.2. The van der Waals surface area contributed by atoms with Crippen molar-refractivity contribution in [3.05, 3.63) is 90.0 Å². The molecule has 156 valence electrons. The molecule has 0 atom stereocenters. The molecule has 3 aromatic rings. The number of rotatable bonds is 9. The van der Waals surface area contributed by atoms with Gasteiger partial charge in [-0.3, -0.25) is 9.52 Å². The van der Waals surface area contributed by atoms with Gasteiger partial charge in [-0.25, -0.2) is 8.42 Å². The summed E-state index contributed by atoms with van der Waals surface area (Å²) < 4.78 is 32.7. The Morgan fingerprint density at radius 3 is 2.37 bits per heavy atom. The molecule has 0 aromatic heterocycles. The van der Waals surface area contributed by atoms with Gasteiger partial charge in [-0.05, 0) is 60.9 Å². The fraction of sp³-hybridized carbons (Fsp3) is 0.174. The SMILES string of the molecule is COc1ccc(S(=O)(=O)Nc2cccc(C(=O)NCCCc3ccccc3)c2)cc1. The van der Waals surface area contributed by atoms with E-state index in [9.17, 15) is 13.2 Å². The predicted molar refractivity (Wildman–Crippen MR) is 117 cm³/mol. The molecule has 0 spiro atoms. The van der Waals surface area contributed by atoms with Crippen molar-refractivity contribution in [2.45, 2.75) is 17.7 Å². The Morgan fingerprint density at radius 2 is 1.67 bits per heavy atom. The third-order valence-corrected chi connectivity index (χ3v) is 5.91. The highest BCUT2D eigenvalue weighted by molar-refractivity contribution is 7.92. The summed E-state index contributed by atoms with van der Waals surface area (Å²) in [5.41, 5.74) is 1.94. The van der Waals surface area contributed by atoms with E-state index in [1.54, 1.807) is 30.3 Å². The summed E-state index contributed by atoms with van der Waals surface area (Å²) in [6.45, 7) is 0.537. The van der Waals surface area contributed by atoms with Gasteiger partial charge >= 0.3 is 0 Å². The van der Waals surface area contributed by atoms with Crippen LogP contribution in [0.5, 0.6) is 5.75 Å². The summed E-state index contributed by atoms with van der Waals surface area (Å²) >= 11 is 0. The zero-order chi connectivity index (χ0) is 21.4. The van der Waals surface area contributed by atoms with Crippen LogP contribution in [0.15, 0.2) is 83.8 Å².